The lowest BCUT2D eigenvalue weighted by Crippen LogP contribution is -2.14. The molecule has 0 saturated heterocycles. The summed E-state index contributed by atoms with van der Waals surface area (Å²) in [5, 5.41) is 2.89. The van der Waals surface area contributed by atoms with Crippen molar-refractivity contribution in [2.45, 2.75) is 26.1 Å². The van der Waals surface area contributed by atoms with Gasteiger partial charge in [-0.15, -0.1) is 11.3 Å². The van der Waals surface area contributed by atoms with Crippen LogP contribution in [0.15, 0.2) is 24.4 Å². The average molecular weight is 335 g/mol. The molecule has 1 N–H and O–H groups in total. The van der Waals surface area contributed by atoms with Crippen LogP contribution in [0.4, 0.5) is 13.2 Å². The first-order chi connectivity index (χ1) is 9.91. The minimum absolute atomic E-state index is 0.470. The molecule has 0 fully saturated rings. The normalized spacial score (nSPS) is 11.9. The van der Waals surface area contributed by atoms with Gasteiger partial charge in [-0.3, -0.25) is 0 Å². The summed E-state index contributed by atoms with van der Waals surface area (Å²) in [6.07, 6.45) is -2.17. The lowest BCUT2D eigenvalue weighted by Gasteiger charge is -2.09. The van der Waals surface area contributed by atoms with Crippen LogP contribution in [0, 0.1) is 0 Å². The molecule has 0 bridgehead atoms. The lowest BCUT2D eigenvalue weighted by atomic mass is 10.1. The van der Waals surface area contributed by atoms with Gasteiger partial charge in [0.2, 0.25) is 0 Å². The van der Waals surface area contributed by atoms with Crippen molar-refractivity contribution in [3.05, 3.63) is 40.0 Å². The maximum atomic E-state index is 12.7. The standard InChI is InChI=1S/C14H14ClF3N2S/c1-2-5-19-7-9-3-4-10(15)6-11(9)12-8-20-13(21-12)14(16,17)18/h3-4,6,8,19H,2,5,7H2,1H3. The summed E-state index contributed by atoms with van der Waals surface area (Å²) >= 11 is 6.60. The van der Waals surface area contributed by atoms with Crippen LogP contribution in [0.5, 0.6) is 0 Å². The summed E-state index contributed by atoms with van der Waals surface area (Å²) in [4.78, 5) is 3.93. The van der Waals surface area contributed by atoms with Gasteiger partial charge in [0.1, 0.15) is 0 Å². The van der Waals surface area contributed by atoms with Crippen LogP contribution in [0.2, 0.25) is 5.02 Å². The van der Waals surface area contributed by atoms with E-state index in [1.165, 1.54) is 6.20 Å². The number of nitrogens with zero attached hydrogens (tertiary/aromatic N) is 1. The summed E-state index contributed by atoms with van der Waals surface area (Å²) in [5.41, 5.74) is 1.60. The monoisotopic (exact) mass is 334 g/mol. The molecule has 0 saturated carbocycles. The van der Waals surface area contributed by atoms with Gasteiger partial charge in [0.05, 0.1) is 4.88 Å². The number of halogens is 4. The van der Waals surface area contributed by atoms with Crippen molar-refractivity contribution < 1.29 is 13.2 Å². The quantitative estimate of drug-likeness (QED) is 0.780. The van der Waals surface area contributed by atoms with Crippen LogP contribution in [0.3, 0.4) is 0 Å². The predicted octanol–water partition coefficient (Wildman–Crippen LogP) is 4.98. The average Bonchev–Trinajstić information content (AvgIpc) is 2.90. The molecule has 0 aliphatic rings. The second kappa shape index (κ2) is 6.77. The van der Waals surface area contributed by atoms with Gasteiger partial charge in [-0.2, -0.15) is 13.2 Å². The maximum Gasteiger partial charge on any atom is 0.443 e. The Labute approximate surface area is 130 Å². The van der Waals surface area contributed by atoms with Crippen molar-refractivity contribution in [2.24, 2.45) is 0 Å². The van der Waals surface area contributed by atoms with E-state index in [0.717, 1.165) is 18.5 Å². The number of alkyl halides is 3. The summed E-state index contributed by atoms with van der Waals surface area (Å²) < 4.78 is 38.0. The first-order valence-corrected chi connectivity index (χ1v) is 7.63. The zero-order valence-corrected chi connectivity index (χ0v) is 12.9. The Morgan fingerprint density at radius 1 is 1.33 bits per heavy atom. The van der Waals surface area contributed by atoms with E-state index >= 15 is 0 Å². The lowest BCUT2D eigenvalue weighted by molar-refractivity contribution is -0.137. The van der Waals surface area contributed by atoms with Gasteiger partial charge in [-0.05, 0) is 36.2 Å². The predicted molar refractivity (Wildman–Crippen MR) is 79.6 cm³/mol. The SMILES string of the molecule is CCCNCc1ccc(Cl)cc1-c1cnc(C(F)(F)F)s1. The Morgan fingerprint density at radius 3 is 2.71 bits per heavy atom. The summed E-state index contributed by atoms with van der Waals surface area (Å²) in [6, 6.07) is 5.24. The second-order valence-corrected chi connectivity index (χ2v) is 5.97. The number of benzene rings is 1. The minimum Gasteiger partial charge on any atom is -0.313 e. The molecule has 0 radical (unpaired) electrons. The largest absolute Gasteiger partial charge is 0.443 e. The number of thiazole rings is 1. The number of rotatable bonds is 5. The fraction of sp³-hybridized carbons (Fsp3) is 0.357. The third kappa shape index (κ3) is 4.18. The molecule has 2 rings (SSSR count). The second-order valence-electron chi connectivity index (χ2n) is 4.51. The van der Waals surface area contributed by atoms with Crippen molar-refractivity contribution in [3.8, 4) is 10.4 Å². The maximum absolute atomic E-state index is 12.7. The van der Waals surface area contributed by atoms with Crippen molar-refractivity contribution in [1.29, 1.82) is 0 Å². The van der Waals surface area contributed by atoms with Gasteiger partial charge in [0, 0.05) is 17.8 Å². The highest BCUT2D eigenvalue weighted by atomic mass is 35.5. The van der Waals surface area contributed by atoms with E-state index in [1.54, 1.807) is 12.1 Å². The number of hydrogen-bond acceptors (Lipinski definition) is 3. The van der Waals surface area contributed by atoms with E-state index in [9.17, 15) is 13.2 Å². The zero-order chi connectivity index (χ0) is 15.5. The third-order valence-corrected chi connectivity index (χ3v) is 4.14. The number of hydrogen-bond donors (Lipinski definition) is 1. The van der Waals surface area contributed by atoms with Crippen molar-refractivity contribution >= 4 is 22.9 Å². The van der Waals surface area contributed by atoms with Crippen molar-refractivity contribution in [3.63, 3.8) is 0 Å². The number of nitrogens with one attached hydrogen (secondary N) is 1. The van der Waals surface area contributed by atoms with E-state index < -0.39 is 11.2 Å². The Morgan fingerprint density at radius 2 is 2.10 bits per heavy atom. The Kier molecular flexibility index (Phi) is 5.24. The fourth-order valence-corrected chi connectivity index (χ4v) is 2.87. The van der Waals surface area contributed by atoms with Crippen LogP contribution in [0.1, 0.15) is 23.9 Å². The summed E-state index contributed by atoms with van der Waals surface area (Å²) in [6.45, 7) is 3.48. The van der Waals surface area contributed by atoms with E-state index in [2.05, 4.69) is 17.2 Å². The van der Waals surface area contributed by atoms with Crippen LogP contribution < -0.4 is 5.32 Å². The van der Waals surface area contributed by atoms with Crippen molar-refractivity contribution in [1.82, 2.24) is 10.3 Å². The fourth-order valence-electron chi connectivity index (χ4n) is 1.86. The molecule has 0 atom stereocenters. The number of aromatic nitrogens is 1. The molecule has 1 aromatic heterocycles. The van der Waals surface area contributed by atoms with E-state index in [0.29, 0.717) is 33.3 Å². The summed E-state index contributed by atoms with van der Waals surface area (Å²) in [5.74, 6) is 0. The minimum atomic E-state index is -4.41. The highest BCUT2D eigenvalue weighted by molar-refractivity contribution is 7.15. The Balaban J connectivity index is 2.33. The molecule has 0 unspecified atom stereocenters. The van der Waals surface area contributed by atoms with Gasteiger partial charge in [0.15, 0.2) is 5.01 Å². The molecule has 0 aliphatic heterocycles. The Bertz CT molecular complexity index is 611. The molecule has 1 aromatic carbocycles. The van der Waals surface area contributed by atoms with Crippen LogP contribution in [-0.4, -0.2) is 11.5 Å². The van der Waals surface area contributed by atoms with Crippen molar-refractivity contribution in [2.75, 3.05) is 6.54 Å². The van der Waals surface area contributed by atoms with E-state index in [-0.39, 0.29) is 0 Å². The zero-order valence-electron chi connectivity index (χ0n) is 11.3. The van der Waals surface area contributed by atoms with E-state index in [1.807, 2.05) is 6.07 Å². The van der Waals surface area contributed by atoms with Gasteiger partial charge in [-0.25, -0.2) is 4.98 Å². The molecule has 21 heavy (non-hydrogen) atoms. The smallest absolute Gasteiger partial charge is 0.313 e. The van der Waals surface area contributed by atoms with Gasteiger partial charge < -0.3 is 5.32 Å². The van der Waals surface area contributed by atoms with E-state index in [4.69, 9.17) is 11.6 Å². The molecule has 0 amide bonds. The third-order valence-electron chi connectivity index (χ3n) is 2.83. The van der Waals surface area contributed by atoms with Crippen LogP contribution >= 0.6 is 22.9 Å². The highest BCUT2D eigenvalue weighted by Crippen LogP contribution is 2.38. The molecule has 0 aliphatic carbocycles. The molecule has 114 valence electrons. The molecule has 0 spiro atoms. The molecular formula is C14H14ClF3N2S. The first kappa shape index (κ1) is 16.3. The molecule has 2 aromatic rings. The molecular weight excluding hydrogens is 321 g/mol. The first-order valence-electron chi connectivity index (χ1n) is 6.44. The molecule has 7 heteroatoms. The topological polar surface area (TPSA) is 24.9 Å². The molecule has 1 heterocycles. The highest BCUT2D eigenvalue weighted by Gasteiger charge is 2.34. The summed E-state index contributed by atoms with van der Waals surface area (Å²) in [7, 11) is 0. The van der Waals surface area contributed by atoms with Crippen LogP contribution in [0.25, 0.3) is 10.4 Å². The van der Waals surface area contributed by atoms with Gasteiger partial charge >= 0.3 is 6.18 Å². The van der Waals surface area contributed by atoms with Crippen LogP contribution in [-0.2, 0) is 12.7 Å². The molecule has 2 nitrogen and oxygen atoms in total. The van der Waals surface area contributed by atoms with Gasteiger partial charge in [0.25, 0.3) is 0 Å². The van der Waals surface area contributed by atoms with Gasteiger partial charge in [-0.1, -0.05) is 24.6 Å². The Hall–Kier alpha value is -1.11.